The summed E-state index contributed by atoms with van der Waals surface area (Å²) in [5, 5.41) is 0. The fourth-order valence-electron chi connectivity index (χ4n) is 4.59. The van der Waals surface area contributed by atoms with Crippen LogP contribution in [-0.4, -0.2) is 32.3 Å². The Morgan fingerprint density at radius 1 is 0.857 bits per heavy atom. The Kier molecular flexibility index (Phi) is 5.10. The molecule has 0 saturated heterocycles. The van der Waals surface area contributed by atoms with Gasteiger partial charge in [0.25, 0.3) is 0 Å². The second-order valence-electron chi connectivity index (χ2n) is 7.82. The number of hydrogen-bond donors (Lipinski definition) is 0. The van der Waals surface area contributed by atoms with Crippen molar-refractivity contribution in [1.29, 1.82) is 0 Å². The predicted octanol–water partition coefficient (Wildman–Crippen LogP) is 5.00. The van der Waals surface area contributed by atoms with E-state index in [1.165, 1.54) is 22.3 Å². The van der Waals surface area contributed by atoms with Crippen molar-refractivity contribution in [3.8, 4) is 11.5 Å². The Hall–Kier alpha value is -2.78. The number of methoxy groups -OCH3 is 2. The van der Waals surface area contributed by atoms with Crippen LogP contribution < -0.4 is 9.47 Å². The molecular formula is C25H28NO2+. The molecule has 0 saturated carbocycles. The van der Waals surface area contributed by atoms with Gasteiger partial charge in [-0.1, -0.05) is 60.7 Å². The lowest BCUT2D eigenvalue weighted by molar-refractivity contribution is -0.948. The third kappa shape index (κ3) is 3.38. The fraction of sp³-hybridized carbons (Fsp3) is 0.280. The van der Waals surface area contributed by atoms with E-state index in [2.05, 4.69) is 79.8 Å². The lowest BCUT2D eigenvalue weighted by Crippen LogP contribution is -2.50. The number of benzene rings is 3. The Balaban J connectivity index is 1.85. The van der Waals surface area contributed by atoms with E-state index in [-0.39, 0.29) is 6.04 Å². The van der Waals surface area contributed by atoms with Crippen LogP contribution in [0.2, 0.25) is 0 Å². The highest BCUT2D eigenvalue weighted by Crippen LogP contribution is 2.44. The van der Waals surface area contributed by atoms with Crippen LogP contribution in [0.25, 0.3) is 0 Å². The number of likely N-dealkylation sites (N-methyl/N-ethyl adjacent to an activating group) is 1. The summed E-state index contributed by atoms with van der Waals surface area (Å²) in [6.45, 7) is 2.07. The third-order valence-corrected chi connectivity index (χ3v) is 5.96. The van der Waals surface area contributed by atoms with Crippen molar-refractivity contribution in [2.45, 2.75) is 19.0 Å². The standard InChI is InChI=1S/C25H28NO2/c1-26(18-19-10-6-4-7-11-19)15-14-21-16-23(27-2)24(28-3)17-22(21)25(26)20-12-8-5-9-13-20/h4-13,16-17,25H,14-15,18H2,1-3H3/q+1/t25-,26+/m1/s1. The van der Waals surface area contributed by atoms with Crippen LogP contribution in [0.15, 0.2) is 72.8 Å². The molecule has 3 aromatic rings. The van der Waals surface area contributed by atoms with E-state index in [9.17, 15) is 0 Å². The van der Waals surface area contributed by atoms with Gasteiger partial charge in [0.05, 0.1) is 27.8 Å². The summed E-state index contributed by atoms with van der Waals surface area (Å²) in [7, 11) is 5.80. The normalized spacial score (nSPS) is 21.0. The molecule has 0 amide bonds. The van der Waals surface area contributed by atoms with Gasteiger partial charge in [0.2, 0.25) is 0 Å². The van der Waals surface area contributed by atoms with Crippen molar-refractivity contribution in [1.82, 2.24) is 0 Å². The van der Waals surface area contributed by atoms with Crippen LogP contribution in [0, 0.1) is 0 Å². The molecule has 3 aromatic carbocycles. The Morgan fingerprint density at radius 2 is 1.46 bits per heavy atom. The molecule has 4 rings (SSSR count). The fourth-order valence-corrected chi connectivity index (χ4v) is 4.59. The first-order chi connectivity index (χ1) is 13.6. The van der Waals surface area contributed by atoms with Crippen molar-refractivity contribution in [2.24, 2.45) is 0 Å². The van der Waals surface area contributed by atoms with E-state index in [1.807, 2.05) is 0 Å². The maximum absolute atomic E-state index is 5.64. The van der Waals surface area contributed by atoms with Gasteiger partial charge in [0.15, 0.2) is 11.5 Å². The van der Waals surface area contributed by atoms with Crippen molar-refractivity contribution in [3.05, 3.63) is 95.1 Å². The molecule has 1 aliphatic heterocycles. The molecule has 3 nitrogen and oxygen atoms in total. The maximum atomic E-state index is 5.64. The molecule has 0 N–H and O–H groups in total. The van der Waals surface area contributed by atoms with Gasteiger partial charge < -0.3 is 14.0 Å². The van der Waals surface area contributed by atoms with Crippen molar-refractivity contribution in [2.75, 3.05) is 27.8 Å². The van der Waals surface area contributed by atoms with Gasteiger partial charge in [-0.2, -0.15) is 0 Å². The molecule has 0 bridgehead atoms. The van der Waals surface area contributed by atoms with E-state index < -0.39 is 0 Å². The quantitative estimate of drug-likeness (QED) is 0.586. The Bertz CT molecular complexity index is 940. The van der Waals surface area contributed by atoms with Gasteiger partial charge in [0, 0.05) is 23.1 Å². The molecule has 1 heterocycles. The molecule has 1 aliphatic rings. The van der Waals surface area contributed by atoms with Crippen LogP contribution in [0.1, 0.15) is 28.3 Å². The monoisotopic (exact) mass is 374 g/mol. The summed E-state index contributed by atoms with van der Waals surface area (Å²) in [6, 6.07) is 26.3. The van der Waals surface area contributed by atoms with E-state index >= 15 is 0 Å². The average Bonchev–Trinajstić information content (AvgIpc) is 2.74. The third-order valence-electron chi connectivity index (χ3n) is 5.96. The molecule has 144 valence electrons. The summed E-state index contributed by atoms with van der Waals surface area (Å²) >= 11 is 0. The van der Waals surface area contributed by atoms with E-state index in [4.69, 9.17) is 9.47 Å². The van der Waals surface area contributed by atoms with Gasteiger partial charge in [0.1, 0.15) is 12.6 Å². The van der Waals surface area contributed by atoms with Gasteiger partial charge in [-0.25, -0.2) is 0 Å². The van der Waals surface area contributed by atoms with Crippen LogP contribution in [0.5, 0.6) is 11.5 Å². The van der Waals surface area contributed by atoms with Crippen molar-refractivity contribution >= 4 is 0 Å². The molecule has 0 aliphatic carbocycles. The van der Waals surface area contributed by atoms with Gasteiger partial charge in [-0.3, -0.25) is 0 Å². The van der Waals surface area contributed by atoms with Crippen LogP contribution >= 0.6 is 0 Å². The SMILES string of the molecule is COc1cc2c(cc1OC)[C@@H](c1ccccc1)[N@+](C)(Cc1ccccc1)CC2. The first-order valence-electron chi connectivity index (χ1n) is 9.82. The number of rotatable bonds is 5. The van der Waals surface area contributed by atoms with Gasteiger partial charge in [-0.05, 0) is 17.7 Å². The molecule has 28 heavy (non-hydrogen) atoms. The highest BCUT2D eigenvalue weighted by atomic mass is 16.5. The first-order valence-corrected chi connectivity index (χ1v) is 9.82. The molecule has 0 unspecified atom stereocenters. The zero-order valence-electron chi connectivity index (χ0n) is 16.9. The Morgan fingerprint density at radius 3 is 2.11 bits per heavy atom. The molecule has 0 radical (unpaired) electrons. The first kappa shape index (κ1) is 18.6. The minimum Gasteiger partial charge on any atom is -0.493 e. The van der Waals surface area contributed by atoms with Crippen LogP contribution in [0.4, 0.5) is 0 Å². The van der Waals surface area contributed by atoms with E-state index in [0.717, 1.165) is 35.5 Å². The zero-order valence-corrected chi connectivity index (χ0v) is 16.9. The summed E-state index contributed by atoms with van der Waals surface area (Å²) in [4.78, 5) is 0. The smallest absolute Gasteiger partial charge is 0.161 e. The second kappa shape index (κ2) is 7.69. The Labute approximate surface area is 167 Å². The zero-order chi connectivity index (χ0) is 19.6. The number of hydrogen-bond acceptors (Lipinski definition) is 2. The van der Waals surface area contributed by atoms with Gasteiger partial charge >= 0.3 is 0 Å². The number of ether oxygens (including phenoxy) is 2. The number of quaternary nitrogens is 1. The summed E-state index contributed by atoms with van der Waals surface area (Å²) < 4.78 is 12.1. The minimum atomic E-state index is 0.255. The van der Waals surface area contributed by atoms with Gasteiger partial charge in [-0.15, -0.1) is 0 Å². The van der Waals surface area contributed by atoms with Crippen molar-refractivity contribution < 1.29 is 14.0 Å². The van der Waals surface area contributed by atoms with E-state index in [0.29, 0.717) is 0 Å². The van der Waals surface area contributed by atoms with Crippen LogP contribution in [0.3, 0.4) is 0 Å². The minimum absolute atomic E-state index is 0.255. The lowest BCUT2D eigenvalue weighted by atomic mass is 9.85. The molecule has 0 fully saturated rings. The molecule has 3 heteroatoms. The second-order valence-corrected chi connectivity index (χ2v) is 7.82. The largest absolute Gasteiger partial charge is 0.493 e. The summed E-state index contributed by atoms with van der Waals surface area (Å²) in [6.07, 6.45) is 1.03. The molecule has 2 atom stereocenters. The lowest BCUT2D eigenvalue weighted by Gasteiger charge is -2.46. The number of fused-ring (bicyclic) bond motifs is 1. The molecule has 0 spiro atoms. The highest BCUT2D eigenvalue weighted by molar-refractivity contribution is 5.50. The number of nitrogens with zero attached hydrogens (tertiary/aromatic N) is 1. The van der Waals surface area contributed by atoms with Crippen molar-refractivity contribution in [3.63, 3.8) is 0 Å². The summed E-state index contributed by atoms with van der Waals surface area (Å²) in [5.41, 5.74) is 5.41. The summed E-state index contributed by atoms with van der Waals surface area (Å²) in [5.74, 6) is 1.61. The van der Waals surface area contributed by atoms with E-state index in [1.54, 1.807) is 14.2 Å². The highest BCUT2D eigenvalue weighted by Gasteiger charge is 2.41. The average molecular weight is 375 g/mol. The maximum Gasteiger partial charge on any atom is 0.161 e. The predicted molar refractivity (Wildman–Crippen MR) is 113 cm³/mol. The van der Waals surface area contributed by atoms with Crippen LogP contribution in [-0.2, 0) is 13.0 Å². The molecular weight excluding hydrogens is 346 g/mol. The topological polar surface area (TPSA) is 18.5 Å². The molecule has 0 aromatic heterocycles.